The molecule has 3 aromatic heterocycles. The largest absolute Gasteiger partial charge is 0.465 e. The maximum absolute atomic E-state index is 5.66. The van der Waals surface area contributed by atoms with Crippen molar-refractivity contribution in [3.05, 3.63) is 120 Å². The molecule has 0 amide bonds. The number of anilines is 1. The van der Waals surface area contributed by atoms with E-state index >= 15 is 0 Å². The summed E-state index contributed by atoms with van der Waals surface area (Å²) >= 11 is 0. The molecule has 0 aliphatic carbocycles. The second kappa shape index (κ2) is 9.93. The van der Waals surface area contributed by atoms with Crippen LogP contribution in [-0.2, 0) is 6.54 Å². The molecule has 5 aromatic rings. The van der Waals surface area contributed by atoms with E-state index in [1.54, 1.807) is 12.5 Å². The monoisotopic (exact) mass is 475 g/mol. The van der Waals surface area contributed by atoms with Crippen LogP contribution in [0.1, 0.15) is 17.3 Å². The fourth-order valence-electron chi connectivity index (χ4n) is 4.39. The number of hydrogen-bond acceptors (Lipinski definition) is 6. The van der Waals surface area contributed by atoms with Gasteiger partial charge in [0.2, 0.25) is 0 Å². The molecule has 0 atom stereocenters. The SMILES string of the molecule is C(=C1/CN(Cc2nc3ccccc3[nH]2)C/C(=C\c2ccco2)C1=NNc1ccccc1)/c1ccco1. The Labute approximate surface area is 208 Å². The summed E-state index contributed by atoms with van der Waals surface area (Å²) < 4.78 is 11.3. The van der Waals surface area contributed by atoms with E-state index in [4.69, 9.17) is 18.9 Å². The highest BCUT2D eigenvalue weighted by Crippen LogP contribution is 2.25. The van der Waals surface area contributed by atoms with Crippen molar-refractivity contribution in [2.75, 3.05) is 18.5 Å². The van der Waals surface area contributed by atoms with E-state index in [0.717, 1.165) is 50.9 Å². The number of aromatic amines is 1. The summed E-state index contributed by atoms with van der Waals surface area (Å²) in [5.41, 5.74) is 9.09. The molecule has 2 N–H and O–H groups in total. The third-order valence-electron chi connectivity index (χ3n) is 6.00. The summed E-state index contributed by atoms with van der Waals surface area (Å²) in [6, 6.07) is 25.7. The predicted octanol–water partition coefficient (Wildman–Crippen LogP) is 6.20. The van der Waals surface area contributed by atoms with Gasteiger partial charge in [-0.25, -0.2) is 4.98 Å². The molecular weight excluding hydrogens is 450 g/mol. The van der Waals surface area contributed by atoms with Crippen LogP contribution in [-0.4, -0.2) is 33.7 Å². The second-order valence-electron chi connectivity index (χ2n) is 8.65. The van der Waals surface area contributed by atoms with Crippen LogP contribution in [0.25, 0.3) is 23.2 Å². The molecule has 0 unspecified atom stereocenters. The lowest BCUT2D eigenvalue weighted by Gasteiger charge is -2.31. The number of H-pyrrole nitrogens is 1. The highest BCUT2D eigenvalue weighted by Gasteiger charge is 2.26. The number of nitrogens with one attached hydrogen (secondary N) is 2. The minimum Gasteiger partial charge on any atom is -0.465 e. The molecule has 2 aromatic carbocycles. The van der Waals surface area contributed by atoms with Gasteiger partial charge in [0.1, 0.15) is 17.3 Å². The van der Waals surface area contributed by atoms with E-state index in [9.17, 15) is 0 Å². The summed E-state index contributed by atoms with van der Waals surface area (Å²) in [5, 5.41) is 4.85. The zero-order valence-electron chi connectivity index (χ0n) is 19.6. The zero-order chi connectivity index (χ0) is 24.2. The molecule has 1 aliphatic rings. The number of rotatable bonds is 6. The minimum absolute atomic E-state index is 0.666. The van der Waals surface area contributed by atoms with E-state index < -0.39 is 0 Å². The van der Waals surface area contributed by atoms with Gasteiger partial charge in [0.25, 0.3) is 0 Å². The molecule has 0 saturated carbocycles. The Morgan fingerprint density at radius 1 is 0.833 bits per heavy atom. The maximum atomic E-state index is 5.66. The van der Waals surface area contributed by atoms with Crippen LogP contribution in [0.3, 0.4) is 0 Å². The van der Waals surface area contributed by atoms with Crippen LogP contribution >= 0.6 is 0 Å². The quantitative estimate of drug-likeness (QED) is 0.286. The first-order chi connectivity index (χ1) is 17.8. The average molecular weight is 476 g/mol. The number of hydrogen-bond donors (Lipinski definition) is 2. The van der Waals surface area contributed by atoms with Crippen molar-refractivity contribution in [1.82, 2.24) is 14.9 Å². The number of imidazole rings is 1. The molecule has 36 heavy (non-hydrogen) atoms. The van der Waals surface area contributed by atoms with Gasteiger partial charge in [-0.15, -0.1) is 0 Å². The van der Waals surface area contributed by atoms with Gasteiger partial charge in [0.15, 0.2) is 0 Å². The van der Waals surface area contributed by atoms with Crippen molar-refractivity contribution < 1.29 is 8.83 Å². The molecular formula is C29H25N5O2. The minimum atomic E-state index is 0.666. The van der Waals surface area contributed by atoms with Crippen molar-refractivity contribution in [3.8, 4) is 0 Å². The molecule has 1 aliphatic heterocycles. The Balaban J connectivity index is 1.38. The van der Waals surface area contributed by atoms with Gasteiger partial charge in [-0.1, -0.05) is 30.3 Å². The van der Waals surface area contributed by atoms with Crippen molar-refractivity contribution in [3.63, 3.8) is 0 Å². The lowest BCUT2D eigenvalue weighted by atomic mass is 9.95. The van der Waals surface area contributed by atoms with Gasteiger partial charge in [0, 0.05) is 13.1 Å². The Morgan fingerprint density at radius 3 is 2.14 bits per heavy atom. The van der Waals surface area contributed by atoms with Crippen LogP contribution in [0.2, 0.25) is 0 Å². The number of nitrogens with zero attached hydrogens (tertiary/aromatic N) is 3. The van der Waals surface area contributed by atoms with Crippen molar-refractivity contribution in [2.45, 2.75) is 6.54 Å². The van der Waals surface area contributed by atoms with E-state index in [2.05, 4.69) is 15.3 Å². The Kier molecular flexibility index (Phi) is 6.04. The number of para-hydroxylation sites is 3. The highest BCUT2D eigenvalue weighted by atomic mass is 16.3. The smallest absolute Gasteiger partial charge is 0.127 e. The molecule has 178 valence electrons. The molecule has 1 saturated heterocycles. The third kappa shape index (κ3) is 4.92. The number of aromatic nitrogens is 2. The van der Waals surface area contributed by atoms with E-state index in [1.807, 2.05) is 91.0 Å². The number of likely N-dealkylation sites (tertiary alicyclic amines) is 1. The second-order valence-corrected chi connectivity index (χ2v) is 8.65. The summed E-state index contributed by atoms with van der Waals surface area (Å²) in [6.07, 6.45) is 7.46. The van der Waals surface area contributed by atoms with E-state index in [1.165, 1.54) is 0 Å². The predicted molar refractivity (Wildman–Crippen MR) is 142 cm³/mol. The molecule has 0 bridgehead atoms. The third-order valence-corrected chi connectivity index (χ3v) is 6.00. The van der Waals surface area contributed by atoms with Crippen LogP contribution in [0.15, 0.2) is 116 Å². The lowest BCUT2D eigenvalue weighted by molar-refractivity contribution is 0.307. The molecule has 0 spiro atoms. The van der Waals surface area contributed by atoms with Gasteiger partial charge in [0.05, 0.1) is 41.5 Å². The van der Waals surface area contributed by atoms with Crippen LogP contribution in [0.4, 0.5) is 5.69 Å². The number of furan rings is 2. The van der Waals surface area contributed by atoms with Crippen LogP contribution in [0.5, 0.6) is 0 Å². The van der Waals surface area contributed by atoms with Gasteiger partial charge < -0.3 is 13.8 Å². The Morgan fingerprint density at radius 2 is 1.50 bits per heavy atom. The van der Waals surface area contributed by atoms with Gasteiger partial charge >= 0.3 is 0 Å². The van der Waals surface area contributed by atoms with Crippen molar-refractivity contribution >= 4 is 34.6 Å². The summed E-state index contributed by atoms with van der Waals surface area (Å²) in [7, 11) is 0. The average Bonchev–Trinajstić information content (AvgIpc) is 3.67. The summed E-state index contributed by atoms with van der Waals surface area (Å²) in [6.45, 7) is 2.03. The first kappa shape index (κ1) is 21.9. The van der Waals surface area contributed by atoms with E-state index in [0.29, 0.717) is 19.6 Å². The van der Waals surface area contributed by atoms with Crippen molar-refractivity contribution in [2.24, 2.45) is 5.10 Å². The van der Waals surface area contributed by atoms with Crippen LogP contribution < -0.4 is 5.43 Å². The Hall–Kier alpha value is -4.62. The Bertz CT molecular complexity index is 1440. The molecule has 6 rings (SSSR count). The van der Waals surface area contributed by atoms with Crippen LogP contribution in [0, 0.1) is 0 Å². The lowest BCUT2D eigenvalue weighted by Crippen LogP contribution is -2.37. The maximum Gasteiger partial charge on any atom is 0.127 e. The van der Waals surface area contributed by atoms with Gasteiger partial charge in [-0.3, -0.25) is 10.3 Å². The molecule has 7 nitrogen and oxygen atoms in total. The number of benzene rings is 2. The fourth-order valence-corrected chi connectivity index (χ4v) is 4.39. The molecule has 4 heterocycles. The summed E-state index contributed by atoms with van der Waals surface area (Å²) in [5.74, 6) is 2.48. The van der Waals surface area contributed by atoms with Gasteiger partial charge in [-0.05, 0) is 71.8 Å². The first-order valence-corrected chi connectivity index (χ1v) is 11.8. The molecule has 1 fully saturated rings. The zero-order valence-corrected chi connectivity index (χ0v) is 19.6. The number of piperidine rings is 1. The normalized spacial score (nSPS) is 16.7. The highest BCUT2D eigenvalue weighted by molar-refractivity contribution is 6.18. The number of hydrazone groups is 1. The molecule has 7 heteroatoms. The van der Waals surface area contributed by atoms with E-state index in [-0.39, 0.29) is 0 Å². The van der Waals surface area contributed by atoms with Gasteiger partial charge in [-0.2, -0.15) is 5.10 Å². The fraction of sp³-hybridized carbons (Fsp3) is 0.103. The standard InChI is InChI=1S/C29H25N5O2/c1-2-8-23(9-3-1)32-33-29-21(16-24-10-6-14-35-24)18-34(19-22(29)17-25-11-7-15-36-25)20-28-30-26-12-4-5-13-27(26)31-28/h1-17,32H,18-20H2,(H,30,31)/b21-16+,22-17+. The summed E-state index contributed by atoms with van der Waals surface area (Å²) in [4.78, 5) is 10.6. The van der Waals surface area contributed by atoms with Crippen molar-refractivity contribution in [1.29, 1.82) is 0 Å². The molecule has 0 radical (unpaired) electrons. The number of fused-ring (bicyclic) bond motifs is 1. The first-order valence-electron chi connectivity index (χ1n) is 11.8. The topological polar surface area (TPSA) is 82.6 Å².